The summed E-state index contributed by atoms with van der Waals surface area (Å²) in [6, 6.07) is 5.47. The van der Waals surface area contributed by atoms with Gasteiger partial charge in [-0.05, 0) is 18.2 Å². The zero-order valence-corrected chi connectivity index (χ0v) is 14.4. The van der Waals surface area contributed by atoms with Crippen LogP contribution in [0.25, 0.3) is 10.9 Å². The molecule has 0 radical (unpaired) electrons. The summed E-state index contributed by atoms with van der Waals surface area (Å²) in [4.78, 5) is 20.1. The average molecular weight is 395 g/mol. The van der Waals surface area contributed by atoms with Gasteiger partial charge in [-0.3, -0.25) is 5.32 Å². The van der Waals surface area contributed by atoms with E-state index in [0.717, 1.165) is 0 Å². The molecule has 138 valence electrons. The minimum atomic E-state index is -2.75. The Kier molecular flexibility index (Phi) is 4.00. The van der Waals surface area contributed by atoms with Crippen LogP contribution in [0.2, 0.25) is 5.02 Å². The van der Waals surface area contributed by atoms with Crippen molar-refractivity contribution in [3.63, 3.8) is 0 Å². The normalized spacial score (nSPS) is 15.2. The Labute approximate surface area is 156 Å². The maximum Gasteiger partial charge on any atom is 0.400 e. The lowest BCUT2D eigenvalue weighted by Crippen LogP contribution is -2.57. The molecule has 1 saturated heterocycles. The fourth-order valence-electron chi connectivity index (χ4n) is 2.79. The molecular weight excluding hydrogens is 383 g/mol. The zero-order chi connectivity index (χ0) is 19.2. The molecule has 4 rings (SSSR count). The minimum absolute atomic E-state index is 0.128. The largest absolute Gasteiger partial charge is 0.400 e. The number of halogens is 4. The Balaban J connectivity index is 1.42. The number of amides is 2. The summed E-state index contributed by atoms with van der Waals surface area (Å²) < 4.78 is 39.3. The molecule has 3 aromatic rings. The maximum absolute atomic E-state index is 13.4. The molecule has 0 spiro atoms. The summed E-state index contributed by atoms with van der Waals surface area (Å²) in [6.45, 7) is -0.911. The monoisotopic (exact) mass is 394 g/mol. The lowest BCUT2D eigenvalue weighted by molar-refractivity contribution is -0.283. The van der Waals surface area contributed by atoms with Crippen molar-refractivity contribution < 1.29 is 22.9 Å². The zero-order valence-electron chi connectivity index (χ0n) is 13.6. The number of nitrogens with zero attached hydrogens (tertiary/aromatic N) is 2. The van der Waals surface area contributed by atoms with Crippen molar-refractivity contribution >= 4 is 45.7 Å². The maximum atomic E-state index is 13.4. The van der Waals surface area contributed by atoms with E-state index in [4.69, 9.17) is 11.6 Å². The van der Waals surface area contributed by atoms with Crippen molar-refractivity contribution in [1.29, 1.82) is 0 Å². The minimum Gasteiger partial charge on any atom is -0.358 e. The van der Waals surface area contributed by atoms with E-state index in [1.54, 1.807) is 18.2 Å². The second-order valence-electron chi connectivity index (χ2n) is 6.14. The van der Waals surface area contributed by atoms with Crippen molar-refractivity contribution in [2.75, 3.05) is 28.6 Å². The fourth-order valence-corrected chi connectivity index (χ4v) is 3.06. The number of alkyl halides is 2. The first-order chi connectivity index (χ1) is 12.8. The van der Waals surface area contributed by atoms with Crippen molar-refractivity contribution in [2.24, 2.45) is 0 Å². The van der Waals surface area contributed by atoms with E-state index in [1.165, 1.54) is 17.2 Å². The van der Waals surface area contributed by atoms with E-state index in [1.807, 2.05) is 0 Å². The Morgan fingerprint density at radius 1 is 1.30 bits per heavy atom. The summed E-state index contributed by atoms with van der Waals surface area (Å²) in [7, 11) is 0. The van der Waals surface area contributed by atoms with Gasteiger partial charge in [0.1, 0.15) is 11.5 Å². The number of carbonyl (C=O) groups is 1. The number of rotatable bonds is 3. The van der Waals surface area contributed by atoms with Gasteiger partial charge in [0, 0.05) is 23.3 Å². The number of hydrogen-bond donors (Lipinski definition) is 3. The SMILES string of the molecule is O=C(Nc1c#[n+]c(N2CC(F)(F)C2)c(Cl)c1)Nc1ccc2c(F)c[nH]c2c1. The molecule has 2 amide bonds. The second kappa shape index (κ2) is 6.25. The first-order valence-corrected chi connectivity index (χ1v) is 8.24. The third-order valence-electron chi connectivity index (χ3n) is 4.05. The highest BCUT2D eigenvalue weighted by Crippen LogP contribution is 2.33. The smallest absolute Gasteiger partial charge is 0.358 e. The number of benzene rings is 1. The number of fused-ring (bicyclic) bond motifs is 1. The van der Waals surface area contributed by atoms with Crippen LogP contribution in [0.5, 0.6) is 0 Å². The fraction of sp³-hybridized carbons (Fsp3) is 0.176. The van der Waals surface area contributed by atoms with Gasteiger partial charge < -0.3 is 10.3 Å². The molecule has 0 saturated carbocycles. The molecule has 3 heterocycles. The topological polar surface area (TPSA) is 74.3 Å². The van der Waals surface area contributed by atoms with E-state index in [2.05, 4.69) is 26.8 Å². The van der Waals surface area contributed by atoms with Crippen LogP contribution in [0.3, 0.4) is 0 Å². The van der Waals surface area contributed by atoms with Crippen LogP contribution in [-0.4, -0.2) is 30.0 Å². The van der Waals surface area contributed by atoms with Gasteiger partial charge in [0.2, 0.25) is 6.20 Å². The van der Waals surface area contributed by atoms with Gasteiger partial charge in [-0.2, -0.15) is 13.8 Å². The van der Waals surface area contributed by atoms with Gasteiger partial charge in [-0.15, -0.1) is 0 Å². The lowest BCUT2D eigenvalue weighted by atomic mass is 10.1. The molecule has 0 unspecified atom stereocenters. The molecule has 1 aromatic carbocycles. The second-order valence-corrected chi connectivity index (χ2v) is 6.55. The molecule has 2 aromatic heterocycles. The summed E-state index contributed by atoms with van der Waals surface area (Å²) in [6.07, 6.45) is 3.78. The third kappa shape index (κ3) is 3.44. The van der Waals surface area contributed by atoms with E-state index in [-0.39, 0.29) is 22.3 Å². The van der Waals surface area contributed by atoms with Gasteiger partial charge >= 0.3 is 17.8 Å². The molecule has 0 aliphatic carbocycles. The highest BCUT2D eigenvalue weighted by Gasteiger charge is 2.52. The first-order valence-electron chi connectivity index (χ1n) is 7.86. The van der Waals surface area contributed by atoms with E-state index < -0.39 is 25.0 Å². The first kappa shape index (κ1) is 17.3. The summed E-state index contributed by atoms with van der Waals surface area (Å²) >= 11 is 6.06. The molecule has 6 nitrogen and oxygen atoms in total. The quantitative estimate of drug-likeness (QED) is 0.637. The van der Waals surface area contributed by atoms with Crippen molar-refractivity contribution in [1.82, 2.24) is 4.98 Å². The van der Waals surface area contributed by atoms with E-state index >= 15 is 0 Å². The third-order valence-corrected chi connectivity index (χ3v) is 4.33. The Morgan fingerprint density at radius 2 is 2.07 bits per heavy atom. The molecule has 1 fully saturated rings. The van der Waals surface area contributed by atoms with Crippen molar-refractivity contribution in [2.45, 2.75) is 5.92 Å². The number of nitrogens with one attached hydrogen (secondary N) is 3. The predicted molar refractivity (Wildman–Crippen MR) is 93.9 cm³/mol. The van der Waals surface area contributed by atoms with Crippen LogP contribution in [0.1, 0.15) is 0 Å². The summed E-state index contributed by atoms with van der Waals surface area (Å²) in [5, 5.41) is 5.63. The molecule has 1 aliphatic heterocycles. The number of carbonyl (C=O) groups excluding carboxylic acids is 1. The van der Waals surface area contributed by atoms with Crippen LogP contribution >= 0.6 is 11.6 Å². The van der Waals surface area contributed by atoms with Crippen molar-refractivity contribution in [3.8, 4) is 0 Å². The van der Waals surface area contributed by atoms with E-state index in [0.29, 0.717) is 16.6 Å². The number of H-pyrrole nitrogens is 1. The Morgan fingerprint density at radius 3 is 2.78 bits per heavy atom. The van der Waals surface area contributed by atoms with Gasteiger partial charge in [0.05, 0.1) is 5.52 Å². The highest BCUT2D eigenvalue weighted by atomic mass is 35.5. The molecule has 1 aliphatic rings. The number of urea groups is 1. The number of anilines is 3. The summed E-state index contributed by atoms with van der Waals surface area (Å²) in [5.41, 5.74) is 1.16. The van der Waals surface area contributed by atoms with Crippen molar-refractivity contribution in [3.05, 3.63) is 47.5 Å². The number of aromatic nitrogens is 2. The van der Waals surface area contributed by atoms with Gasteiger partial charge in [-0.25, -0.2) is 14.1 Å². The van der Waals surface area contributed by atoms with Crippen LogP contribution in [0.15, 0.2) is 30.5 Å². The van der Waals surface area contributed by atoms with Crippen LogP contribution in [0.4, 0.5) is 35.2 Å². The number of aromatic amines is 1. The molecule has 10 heteroatoms. The van der Waals surface area contributed by atoms with Crippen LogP contribution in [-0.2, 0) is 0 Å². The standard InChI is InChI=1S/C17H11ClF3N5O/c18-12-3-10(5-23-15(12)26-7-17(20,21)8-26)25-16(27)24-9-1-2-11-13(19)6-22-14(11)4-9/h1-4,6,22H,7-8H2,(H-,24,25,27)/p+1. The van der Waals surface area contributed by atoms with Gasteiger partial charge in [0.25, 0.3) is 0 Å². The number of hydrogen-bond acceptors (Lipinski definition) is 2. The Hall–Kier alpha value is -3.12. The highest BCUT2D eigenvalue weighted by molar-refractivity contribution is 6.33. The van der Waals surface area contributed by atoms with Crippen LogP contribution < -0.4 is 20.5 Å². The molecule has 0 bridgehead atoms. The molecule has 3 N–H and O–H groups in total. The van der Waals surface area contributed by atoms with Crippen LogP contribution in [0, 0.1) is 12.0 Å². The van der Waals surface area contributed by atoms with Gasteiger partial charge in [-0.1, -0.05) is 11.6 Å². The molecule has 27 heavy (non-hydrogen) atoms. The lowest BCUT2D eigenvalue weighted by Gasteiger charge is -2.31. The predicted octanol–water partition coefficient (Wildman–Crippen LogP) is 3.46. The molecular formula is C17H12ClF3N5O+. The molecule has 0 atom stereocenters. The van der Waals surface area contributed by atoms with E-state index in [9.17, 15) is 18.0 Å². The average Bonchev–Trinajstić information content (AvgIpc) is 2.93. The van der Waals surface area contributed by atoms with Gasteiger partial charge in [0.15, 0.2) is 18.1 Å². The Bertz CT molecular complexity index is 1030. The summed E-state index contributed by atoms with van der Waals surface area (Å²) in [5.74, 6) is -2.94.